The molecule has 6 heteroatoms. The predicted octanol–water partition coefficient (Wildman–Crippen LogP) is 5.91. The molecule has 3 aromatic rings. The summed E-state index contributed by atoms with van der Waals surface area (Å²) in [5.41, 5.74) is 3.10. The average Bonchev–Trinajstić information content (AvgIpc) is 2.79. The molecule has 2 atom stereocenters. The molecule has 1 heterocycles. The van der Waals surface area contributed by atoms with Gasteiger partial charge in [0.2, 0.25) is 0 Å². The molecule has 1 aliphatic rings. The number of piperidine rings is 1. The topological polar surface area (TPSA) is 30.5 Å². The Kier molecular flexibility index (Phi) is 7.12. The zero-order chi connectivity index (χ0) is 22.4. The smallest absolute Gasteiger partial charge is 0.406 e. The van der Waals surface area contributed by atoms with E-state index in [0.717, 1.165) is 19.5 Å². The SMILES string of the molecule is FC(F)(F)Oc1cccc(COC2CCNCC2C(c2ccccc2)c2ccccc2)c1. The largest absolute Gasteiger partial charge is 0.573 e. The number of halogens is 3. The molecule has 1 fully saturated rings. The van der Waals surface area contributed by atoms with Crippen LogP contribution in [0.15, 0.2) is 84.9 Å². The zero-order valence-electron chi connectivity index (χ0n) is 17.6. The summed E-state index contributed by atoms with van der Waals surface area (Å²) in [7, 11) is 0. The van der Waals surface area contributed by atoms with Gasteiger partial charge in [-0.3, -0.25) is 0 Å². The van der Waals surface area contributed by atoms with Crippen LogP contribution in [-0.2, 0) is 11.3 Å². The minimum absolute atomic E-state index is 0.0335. The summed E-state index contributed by atoms with van der Waals surface area (Å²) in [5.74, 6) is 0.102. The van der Waals surface area contributed by atoms with Gasteiger partial charge in [-0.1, -0.05) is 72.8 Å². The van der Waals surface area contributed by atoms with Gasteiger partial charge in [0, 0.05) is 18.4 Å². The van der Waals surface area contributed by atoms with Gasteiger partial charge in [0.25, 0.3) is 0 Å². The van der Waals surface area contributed by atoms with E-state index in [2.05, 4.69) is 34.3 Å². The van der Waals surface area contributed by atoms with Crippen LogP contribution in [0, 0.1) is 5.92 Å². The van der Waals surface area contributed by atoms with Crippen molar-refractivity contribution in [3.05, 3.63) is 102 Å². The first-order valence-electron chi connectivity index (χ1n) is 10.8. The van der Waals surface area contributed by atoms with Crippen molar-refractivity contribution in [2.24, 2.45) is 5.92 Å². The molecular formula is C26H26F3NO2. The van der Waals surface area contributed by atoms with E-state index in [1.807, 2.05) is 36.4 Å². The molecule has 4 rings (SSSR count). The van der Waals surface area contributed by atoms with Crippen molar-refractivity contribution >= 4 is 0 Å². The minimum Gasteiger partial charge on any atom is -0.406 e. The Morgan fingerprint density at radius 3 is 2.16 bits per heavy atom. The fourth-order valence-electron chi connectivity index (χ4n) is 4.44. The van der Waals surface area contributed by atoms with Crippen molar-refractivity contribution < 1.29 is 22.6 Å². The fourth-order valence-corrected chi connectivity index (χ4v) is 4.44. The van der Waals surface area contributed by atoms with Gasteiger partial charge in [-0.2, -0.15) is 0 Å². The van der Waals surface area contributed by atoms with Gasteiger partial charge in [0.05, 0.1) is 12.7 Å². The highest BCUT2D eigenvalue weighted by atomic mass is 19.4. The Morgan fingerprint density at radius 1 is 0.875 bits per heavy atom. The second-order valence-electron chi connectivity index (χ2n) is 8.00. The lowest BCUT2D eigenvalue weighted by Crippen LogP contribution is -2.44. The summed E-state index contributed by atoms with van der Waals surface area (Å²) in [4.78, 5) is 0. The van der Waals surface area contributed by atoms with Crippen LogP contribution in [-0.4, -0.2) is 25.6 Å². The van der Waals surface area contributed by atoms with Crippen LogP contribution >= 0.6 is 0 Å². The molecule has 1 saturated heterocycles. The van der Waals surface area contributed by atoms with Gasteiger partial charge < -0.3 is 14.8 Å². The molecule has 0 amide bonds. The number of alkyl halides is 3. The number of ether oxygens (including phenoxy) is 2. The van der Waals surface area contributed by atoms with Gasteiger partial charge in [0.1, 0.15) is 5.75 Å². The molecule has 2 unspecified atom stereocenters. The van der Waals surface area contributed by atoms with E-state index >= 15 is 0 Å². The first-order valence-corrected chi connectivity index (χ1v) is 10.8. The quantitative estimate of drug-likeness (QED) is 0.494. The summed E-state index contributed by atoms with van der Waals surface area (Å²) in [6.45, 7) is 1.87. The molecule has 0 bridgehead atoms. The van der Waals surface area contributed by atoms with Gasteiger partial charge in [-0.05, 0) is 41.8 Å². The van der Waals surface area contributed by atoms with Gasteiger partial charge in [-0.25, -0.2) is 0 Å². The number of nitrogens with one attached hydrogen (secondary N) is 1. The van der Waals surface area contributed by atoms with E-state index in [1.165, 1.54) is 23.3 Å². The fraction of sp³-hybridized carbons (Fsp3) is 0.308. The van der Waals surface area contributed by atoms with E-state index in [-0.39, 0.29) is 30.3 Å². The minimum atomic E-state index is -4.71. The highest BCUT2D eigenvalue weighted by molar-refractivity contribution is 5.34. The summed E-state index contributed by atoms with van der Waals surface area (Å²) in [5, 5.41) is 3.49. The third-order valence-electron chi connectivity index (χ3n) is 5.80. The maximum atomic E-state index is 12.6. The standard InChI is InChI=1S/C26H26F3NO2/c27-26(28,29)32-22-13-7-8-19(16-22)18-31-24-14-15-30-17-23(24)25(20-9-3-1-4-10-20)21-11-5-2-6-12-21/h1-13,16,23-25,30H,14-15,17-18H2. The molecule has 0 aromatic heterocycles. The van der Waals surface area contributed by atoms with Crippen molar-refractivity contribution in [2.75, 3.05) is 13.1 Å². The lowest BCUT2D eigenvalue weighted by molar-refractivity contribution is -0.274. The van der Waals surface area contributed by atoms with Crippen molar-refractivity contribution in [1.82, 2.24) is 5.32 Å². The molecule has 0 radical (unpaired) electrons. The van der Waals surface area contributed by atoms with E-state index in [9.17, 15) is 13.2 Å². The molecule has 1 aliphatic heterocycles. The number of hydrogen-bond acceptors (Lipinski definition) is 3. The summed E-state index contributed by atoms with van der Waals surface area (Å²) in [6, 6.07) is 26.7. The van der Waals surface area contributed by atoms with Crippen LogP contribution in [0.2, 0.25) is 0 Å². The molecule has 0 aliphatic carbocycles. The molecule has 3 aromatic carbocycles. The lowest BCUT2D eigenvalue weighted by Gasteiger charge is -2.38. The first kappa shape index (κ1) is 22.4. The summed E-state index contributed by atoms with van der Waals surface area (Å²) < 4.78 is 48.0. The Labute approximate surface area is 186 Å². The Hall–Kier alpha value is -2.83. The molecule has 0 spiro atoms. The second kappa shape index (κ2) is 10.2. The van der Waals surface area contributed by atoms with E-state index in [1.54, 1.807) is 12.1 Å². The third kappa shape index (κ3) is 5.90. The normalized spacial score (nSPS) is 19.1. The molecule has 3 nitrogen and oxygen atoms in total. The van der Waals surface area contributed by atoms with E-state index in [4.69, 9.17) is 4.74 Å². The number of hydrogen-bond donors (Lipinski definition) is 1. The Balaban J connectivity index is 1.54. The lowest BCUT2D eigenvalue weighted by atomic mass is 9.76. The Bertz CT molecular complexity index is 940. The van der Waals surface area contributed by atoms with E-state index < -0.39 is 6.36 Å². The van der Waals surface area contributed by atoms with Gasteiger partial charge in [-0.15, -0.1) is 13.2 Å². The molecule has 0 saturated carbocycles. The molecule has 32 heavy (non-hydrogen) atoms. The van der Waals surface area contributed by atoms with Crippen molar-refractivity contribution in [1.29, 1.82) is 0 Å². The van der Waals surface area contributed by atoms with Crippen LogP contribution in [0.4, 0.5) is 13.2 Å². The van der Waals surface area contributed by atoms with Gasteiger partial charge >= 0.3 is 6.36 Å². The summed E-state index contributed by atoms with van der Waals surface area (Å²) in [6.07, 6.45) is -3.91. The zero-order valence-corrected chi connectivity index (χ0v) is 17.6. The Morgan fingerprint density at radius 2 is 1.53 bits per heavy atom. The van der Waals surface area contributed by atoms with Crippen LogP contribution in [0.1, 0.15) is 29.0 Å². The van der Waals surface area contributed by atoms with Crippen LogP contribution in [0.3, 0.4) is 0 Å². The first-order chi connectivity index (χ1) is 15.5. The van der Waals surface area contributed by atoms with Crippen LogP contribution < -0.4 is 10.1 Å². The van der Waals surface area contributed by atoms with Gasteiger partial charge in [0.15, 0.2) is 0 Å². The number of rotatable bonds is 7. The van der Waals surface area contributed by atoms with E-state index in [0.29, 0.717) is 5.56 Å². The maximum absolute atomic E-state index is 12.6. The van der Waals surface area contributed by atoms with Crippen LogP contribution in [0.25, 0.3) is 0 Å². The molecule has 168 valence electrons. The maximum Gasteiger partial charge on any atom is 0.573 e. The number of benzene rings is 3. The predicted molar refractivity (Wildman–Crippen MR) is 117 cm³/mol. The van der Waals surface area contributed by atoms with Crippen molar-refractivity contribution in [3.63, 3.8) is 0 Å². The second-order valence-corrected chi connectivity index (χ2v) is 8.00. The summed E-state index contributed by atoms with van der Waals surface area (Å²) >= 11 is 0. The monoisotopic (exact) mass is 441 g/mol. The molecule has 1 N–H and O–H groups in total. The third-order valence-corrected chi connectivity index (χ3v) is 5.80. The molecular weight excluding hydrogens is 415 g/mol. The average molecular weight is 441 g/mol. The van der Waals surface area contributed by atoms with Crippen LogP contribution in [0.5, 0.6) is 5.75 Å². The van der Waals surface area contributed by atoms with Crippen molar-refractivity contribution in [2.45, 2.75) is 31.4 Å². The highest BCUT2D eigenvalue weighted by Gasteiger charge is 2.34. The highest BCUT2D eigenvalue weighted by Crippen LogP contribution is 2.37. The van der Waals surface area contributed by atoms with Crippen molar-refractivity contribution in [3.8, 4) is 5.75 Å².